The van der Waals surface area contributed by atoms with Gasteiger partial charge in [0.1, 0.15) is 6.54 Å². The first-order chi connectivity index (χ1) is 12.8. The smallest absolute Gasteiger partial charge is 0.315 e. The van der Waals surface area contributed by atoms with Crippen molar-refractivity contribution >= 4 is 46.5 Å². The predicted molar refractivity (Wildman–Crippen MR) is 102 cm³/mol. The number of aromatic nitrogens is 4. The first-order valence-electron chi connectivity index (χ1n) is 7.67. The second-order valence-corrected chi connectivity index (χ2v) is 6.62. The molecule has 27 heavy (non-hydrogen) atoms. The molecule has 0 saturated heterocycles. The summed E-state index contributed by atoms with van der Waals surface area (Å²) in [5, 5.41) is 4.73. The van der Waals surface area contributed by atoms with E-state index in [9.17, 15) is 14.4 Å². The molecule has 9 nitrogen and oxygen atoms in total. The first kappa shape index (κ1) is 18.9. The minimum atomic E-state index is -0.532. The van der Waals surface area contributed by atoms with Crippen LogP contribution in [0.1, 0.15) is 5.56 Å². The molecule has 0 unspecified atom stereocenters. The third-order valence-corrected chi connectivity index (χ3v) is 4.26. The lowest BCUT2D eigenvalue weighted by Gasteiger charge is -2.06. The number of aryl methyl sites for hydroxylation is 1. The topological polar surface area (TPSA) is 103 Å². The quantitative estimate of drug-likeness (QED) is 0.511. The van der Waals surface area contributed by atoms with Gasteiger partial charge in [0.15, 0.2) is 11.2 Å². The highest BCUT2D eigenvalue weighted by atomic mass is 35.5. The van der Waals surface area contributed by atoms with Crippen LogP contribution in [0.5, 0.6) is 0 Å². The van der Waals surface area contributed by atoms with E-state index in [1.165, 1.54) is 35.8 Å². The van der Waals surface area contributed by atoms with Crippen LogP contribution in [0.2, 0.25) is 10.0 Å². The van der Waals surface area contributed by atoms with E-state index >= 15 is 0 Å². The molecular formula is C16H14Cl2N6O3. The maximum Gasteiger partial charge on any atom is 0.332 e. The van der Waals surface area contributed by atoms with Crippen LogP contribution in [0.3, 0.4) is 0 Å². The maximum absolute atomic E-state index is 12.3. The highest BCUT2D eigenvalue weighted by Gasteiger charge is 2.15. The normalized spacial score (nSPS) is 11.4. The molecule has 0 aliphatic rings. The summed E-state index contributed by atoms with van der Waals surface area (Å²) < 4.78 is 3.56. The Kier molecular flexibility index (Phi) is 5.15. The van der Waals surface area contributed by atoms with E-state index in [2.05, 4.69) is 15.5 Å². The van der Waals surface area contributed by atoms with E-state index in [1.807, 2.05) is 0 Å². The van der Waals surface area contributed by atoms with E-state index < -0.39 is 17.2 Å². The zero-order chi connectivity index (χ0) is 19.7. The first-order valence-corrected chi connectivity index (χ1v) is 8.42. The average Bonchev–Trinajstić information content (AvgIpc) is 3.01. The molecule has 0 aliphatic carbocycles. The van der Waals surface area contributed by atoms with Crippen molar-refractivity contribution in [2.45, 2.75) is 6.54 Å². The van der Waals surface area contributed by atoms with Crippen molar-refractivity contribution < 1.29 is 4.79 Å². The van der Waals surface area contributed by atoms with Gasteiger partial charge in [-0.05, 0) is 23.8 Å². The lowest BCUT2D eigenvalue weighted by Crippen LogP contribution is -2.38. The summed E-state index contributed by atoms with van der Waals surface area (Å²) in [6.07, 6.45) is 2.72. The summed E-state index contributed by atoms with van der Waals surface area (Å²) in [6, 6.07) is 4.85. The van der Waals surface area contributed by atoms with Gasteiger partial charge in [-0.25, -0.2) is 15.2 Å². The van der Waals surface area contributed by atoms with Crippen molar-refractivity contribution in [3.63, 3.8) is 0 Å². The van der Waals surface area contributed by atoms with Crippen molar-refractivity contribution in [2.75, 3.05) is 0 Å². The zero-order valence-electron chi connectivity index (χ0n) is 14.3. The van der Waals surface area contributed by atoms with Crippen LogP contribution in [0.4, 0.5) is 0 Å². The number of nitrogens with zero attached hydrogens (tertiary/aromatic N) is 5. The summed E-state index contributed by atoms with van der Waals surface area (Å²) in [5.41, 5.74) is 2.30. The summed E-state index contributed by atoms with van der Waals surface area (Å²) in [6.45, 7) is -0.197. The number of halogens is 2. The fourth-order valence-electron chi connectivity index (χ4n) is 2.54. The molecule has 140 valence electrons. The van der Waals surface area contributed by atoms with Gasteiger partial charge in [0.05, 0.1) is 12.5 Å². The van der Waals surface area contributed by atoms with Gasteiger partial charge in [-0.1, -0.05) is 23.2 Å². The molecule has 11 heteroatoms. The van der Waals surface area contributed by atoms with E-state index in [0.29, 0.717) is 15.6 Å². The maximum atomic E-state index is 12.3. The lowest BCUT2D eigenvalue weighted by atomic mass is 10.2. The molecule has 0 radical (unpaired) electrons. The highest BCUT2D eigenvalue weighted by molar-refractivity contribution is 6.35. The van der Waals surface area contributed by atoms with E-state index in [-0.39, 0.29) is 17.7 Å². The van der Waals surface area contributed by atoms with Gasteiger partial charge in [0.2, 0.25) is 0 Å². The van der Waals surface area contributed by atoms with Gasteiger partial charge in [0, 0.05) is 24.1 Å². The number of hydrazone groups is 1. The number of carbonyl (C=O) groups excluding carboxylic acids is 1. The van der Waals surface area contributed by atoms with Crippen LogP contribution in [0, 0.1) is 0 Å². The molecule has 3 aromatic rings. The lowest BCUT2D eigenvalue weighted by molar-refractivity contribution is -0.121. The minimum absolute atomic E-state index is 0.153. The number of hydrogen-bond donors (Lipinski definition) is 1. The molecular weight excluding hydrogens is 395 g/mol. The van der Waals surface area contributed by atoms with Crippen LogP contribution in [0.15, 0.2) is 39.2 Å². The van der Waals surface area contributed by atoms with Gasteiger partial charge in [0.25, 0.3) is 11.5 Å². The third-order valence-electron chi connectivity index (χ3n) is 3.82. The Morgan fingerprint density at radius 2 is 1.85 bits per heavy atom. The van der Waals surface area contributed by atoms with Gasteiger partial charge < -0.3 is 4.57 Å². The molecule has 0 saturated carbocycles. The number of fused-ring (bicyclic) bond motifs is 1. The van der Waals surface area contributed by atoms with Crippen LogP contribution in [0.25, 0.3) is 11.2 Å². The SMILES string of the molecule is Cn1c(=O)c2c(ncn2CC(=O)N/N=C/c2cc(Cl)cc(Cl)c2)n(C)c1=O. The highest BCUT2D eigenvalue weighted by Crippen LogP contribution is 2.17. The molecule has 0 fully saturated rings. The fraction of sp³-hybridized carbons (Fsp3) is 0.188. The Morgan fingerprint density at radius 3 is 2.52 bits per heavy atom. The second-order valence-electron chi connectivity index (χ2n) is 5.75. The van der Waals surface area contributed by atoms with Gasteiger partial charge in [-0.3, -0.25) is 18.7 Å². The number of benzene rings is 1. The Labute approximate surface area is 162 Å². The van der Waals surface area contributed by atoms with E-state index in [0.717, 1.165) is 4.57 Å². The number of nitrogens with one attached hydrogen (secondary N) is 1. The average molecular weight is 409 g/mol. The van der Waals surface area contributed by atoms with Crippen molar-refractivity contribution in [1.82, 2.24) is 24.1 Å². The minimum Gasteiger partial charge on any atom is -0.315 e. The number of hydrogen-bond acceptors (Lipinski definition) is 5. The largest absolute Gasteiger partial charge is 0.332 e. The number of carbonyl (C=O) groups is 1. The van der Waals surface area contributed by atoms with Crippen LogP contribution in [-0.2, 0) is 25.4 Å². The van der Waals surface area contributed by atoms with Crippen molar-refractivity contribution in [3.05, 3.63) is 61.0 Å². The van der Waals surface area contributed by atoms with Gasteiger partial charge >= 0.3 is 5.69 Å². The molecule has 2 heterocycles. The molecule has 1 N–H and O–H groups in total. The molecule has 2 aromatic heterocycles. The van der Waals surface area contributed by atoms with Crippen molar-refractivity contribution in [3.8, 4) is 0 Å². The summed E-state index contributed by atoms with van der Waals surface area (Å²) in [4.78, 5) is 40.4. The van der Waals surface area contributed by atoms with Crippen LogP contribution >= 0.6 is 23.2 Å². The molecule has 0 bridgehead atoms. The number of imidazole rings is 1. The van der Waals surface area contributed by atoms with E-state index in [1.54, 1.807) is 18.2 Å². The Morgan fingerprint density at radius 1 is 1.19 bits per heavy atom. The molecule has 1 amide bonds. The Hall–Kier alpha value is -2.91. The molecule has 0 atom stereocenters. The van der Waals surface area contributed by atoms with Gasteiger partial charge in [-0.2, -0.15) is 5.10 Å². The number of amides is 1. The molecule has 1 aromatic carbocycles. The Bertz CT molecular complexity index is 1170. The van der Waals surface area contributed by atoms with E-state index in [4.69, 9.17) is 23.2 Å². The van der Waals surface area contributed by atoms with Crippen LogP contribution < -0.4 is 16.7 Å². The number of rotatable bonds is 4. The molecule has 0 spiro atoms. The standard InChI is InChI=1S/C16H14Cl2N6O3/c1-22-14-13(15(26)23(2)16(22)27)24(8-19-14)7-12(25)21-20-6-9-3-10(17)5-11(18)4-9/h3-6,8H,7H2,1-2H3,(H,21,25)/b20-6+. The summed E-state index contributed by atoms with van der Waals surface area (Å²) in [5.74, 6) is -0.477. The predicted octanol–water partition coefficient (Wildman–Crippen LogP) is 0.891. The second kappa shape index (κ2) is 7.37. The summed E-state index contributed by atoms with van der Waals surface area (Å²) >= 11 is 11.8. The summed E-state index contributed by atoms with van der Waals surface area (Å²) in [7, 11) is 2.86. The monoisotopic (exact) mass is 408 g/mol. The van der Waals surface area contributed by atoms with Crippen LogP contribution in [-0.4, -0.2) is 30.8 Å². The zero-order valence-corrected chi connectivity index (χ0v) is 15.8. The third kappa shape index (κ3) is 3.79. The van der Waals surface area contributed by atoms with Crippen molar-refractivity contribution in [1.29, 1.82) is 0 Å². The van der Waals surface area contributed by atoms with Gasteiger partial charge in [-0.15, -0.1) is 0 Å². The Balaban J connectivity index is 1.80. The molecule has 3 rings (SSSR count). The fourth-order valence-corrected chi connectivity index (χ4v) is 3.08. The van der Waals surface area contributed by atoms with Crippen molar-refractivity contribution in [2.24, 2.45) is 19.2 Å². The molecule has 0 aliphatic heterocycles.